The first-order chi connectivity index (χ1) is 8.55. The Bertz CT molecular complexity index is 406. The van der Waals surface area contributed by atoms with Crippen LogP contribution in [-0.2, 0) is 12.0 Å². The van der Waals surface area contributed by atoms with Gasteiger partial charge < -0.3 is 5.73 Å². The highest BCUT2D eigenvalue weighted by atomic mass is 15.0. The van der Waals surface area contributed by atoms with E-state index in [1.54, 1.807) is 0 Å². The van der Waals surface area contributed by atoms with Gasteiger partial charge in [-0.2, -0.15) is 0 Å². The lowest BCUT2D eigenvalue weighted by Crippen LogP contribution is -2.40. The Balaban J connectivity index is 2.39. The molecule has 1 saturated carbocycles. The Morgan fingerprint density at radius 1 is 1.22 bits per heavy atom. The number of hydrogen-bond acceptors (Lipinski definition) is 3. The highest BCUT2D eigenvalue weighted by Crippen LogP contribution is 2.33. The molecule has 0 aromatic carbocycles. The fourth-order valence-electron chi connectivity index (χ4n) is 2.62. The number of rotatable bonds is 3. The molecule has 1 aromatic rings. The molecule has 1 fully saturated rings. The lowest BCUT2D eigenvalue weighted by molar-refractivity contribution is 0.285. The van der Waals surface area contributed by atoms with E-state index in [1.807, 2.05) is 0 Å². The smallest absolute Gasteiger partial charge is 0.148 e. The van der Waals surface area contributed by atoms with Crippen LogP contribution in [-0.4, -0.2) is 9.97 Å². The van der Waals surface area contributed by atoms with Crippen LogP contribution in [0.5, 0.6) is 0 Å². The van der Waals surface area contributed by atoms with Crippen LogP contribution in [0.1, 0.15) is 76.0 Å². The zero-order valence-electron chi connectivity index (χ0n) is 11.9. The molecule has 0 amide bonds. The third-order valence-corrected chi connectivity index (χ3v) is 3.94. The van der Waals surface area contributed by atoms with E-state index in [2.05, 4.69) is 26.8 Å². The minimum Gasteiger partial charge on any atom is -0.319 e. The molecule has 0 spiro atoms. The van der Waals surface area contributed by atoms with Crippen LogP contribution < -0.4 is 5.73 Å². The molecule has 2 rings (SSSR count). The predicted molar refractivity (Wildman–Crippen MR) is 74.4 cm³/mol. The molecule has 100 valence electrons. The van der Waals surface area contributed by atoms with Gasteiger partial charge in [0.15, 0.2) is 0 Å². The summed E-state index contributed by atoms with van der Waals surface area (Å²) >= 11 is 0. The van der Waals surface area contributed by atoms with Gasteiger partial charge in [0.1, 0.15) is 5.82 Å². The Labute approximate surface area is 110 Å². The highest BCUT2D eigenvalue weighted by Gasteiger charge is 2.32. The van der Waals surface area contributed by atoms with E-state index in [1.165, 1.54) is 19.3 Å². The summed E-state index contributed by atoms with van der Waals surface area (Å²) in [6.07, 6.45) is 6.70. The molecule has 0 aliphatic heterocycles. The van der Waals surface area contributed by atoms with Gasteiger partial charge in [-0.25, -0.2) is 9.97 Å². The van der Waals surface area contributed by atoms with Crippen molar-refractivity contribution in [3.63, 3.8) is 0 Å². The van der Waals surface area contributed by atoms with Crippen molar-refractivity contribution in [1.82, 2.24) is 9.97 Å². The highest BCUT2D eigenvalue weighted by molar-refractivity contribution is 5.18. The average molecular weight is 247 g/mol. The summed E-state index contributed by atoms with van der Waals surface area (Å²) in [6.45, 7) is 6.49. The van der Waals surface area contributed by atoms with Crippen molar-refractivity contribution in [3.05, 3.63) is 23.3 Å². The molecular weight excluding hydrogens is 222 g/mol. The summed E-state index contributed by atoms with van der Waals surface area (Å²) in [7, 11) is 0. The Hall–Kier alpha value is -0.960. The third kappa shape index (κ3) is 2.72. The van der Waals surface area contributed by atoms with Gasteiger partial charge in [0, 0.05) is 11.4 Å². The third-order valence-electron chi connectivity index (χ3n) is 3.94. The van der Waals surface area contributed by atoms with E-state index < -0.39 is 0 Å². The van der Waals surface area contributed by atoms with Gasteiger partial charge >= 0.3 is 0 Å². The molecule has 1 aliphatic carbocycles. The summed E-state index contributed by atoms with van der Waals surface area (Å²) in [5, 5.41) is 0. The first-order valence-corrected chi connectivity index (χ1v) is 7.22. The van der Waals surface area contributed by atoms with Crippen LogP contribution in [0.4, 0.5) is 0 Å². The zero-order valence-corrected chi connectivity index (χ0v) is 11.9. The van der Waals surface area contributed by atoms with Crippen LogP contribution >= 0.6 is 0 Å². The first kappa shape index (κ1) is 13.5. The van der Waals surface area contributed by atoms with Crippen molar-refractivity contribution < 1.29 is 0 Å². The molecular formula is C15H25N3. The van der Waals surface area contributed by atoms with Crippen molar-refractivity contribution in [1.29, 1.82) is 0 Å². The molecule has 0 radical (unpaired) electrons. The van der Waals surface area contributed by atoms with Gasteiger partial charge in [-0.3, -0.25) is 0 Å². The van der Waals surface area contributed by atoms with E-state index in [0.29, 0.717) is 5.92 Å². The van der Waals surface area contributed by atoms with Crippen LogP contribution in [0.3, 0.4) is 0 Å². The average Bonchev–Trinajstić information content (AvgIpc) is 2.39. The second kappa shape index (κ2) is 5.35. The molecule has 0 unspecified atom stereocenters. The Morgan fingerprint density at radius 2 is 1.89 bits per heavy atom. The quantitative estimate of drug-likeness (QED) is 0.891. The minimum atomic E-state index is -0.285. The maximum Gasteiger partial charge on any atom is 0.148 e. The minimum absolute atomic E-state index is 0.285. The summed E-state index contributed by atoms with van der Waals surface area (Å²) in [6, 6.07) is 2.13. The monoisotopic (exact) mass is 247 g/mol. The maximum absolute atomic E-state index is 6.55. The predicted octanol–water partition coefficient (Wildman–Crippen LogP) is 3.28. The largest absolute Gasteiger partial charge is 0.319 e. The van der Waals surface area contributed by atoms with Gasteiger partial charge in [-0.15, -0.1) is 0 Å². The standard InChI is InChI=1S/C15H25N3/c1-4-12-10-13(11(2)3)18-14(17-12)15(16)8-6-5-7-9-15/h10-11H,4-9,16H2,1-3H3. The fourth-order valence-corrected chi connectivity index (χ4v) is 2.62. The number of aryl methyl sites for hydroxylation is 1. The van der Waals surface area contributed by atoms with Gasteiger partial charge in [0.25, 0.3) is 0 Å². The summed E-state index contributed by atoms with van der Waals surface area (Å²) in [5.74, 6) is 1.31. The second-order valence-electron chi connectivity index (χ2n) is 5.83. The van der Waals surface area contributed by atoms with Gasteiger partial charge in [0.05, 0.1) is 5.54 Å². The molecule has 0 saturated heterocycles. The molecule has 0 atom stereocenters. The van der Waals surface area contributed by atoms with E-state index in [4.69, 9.17) is 15.7 Å². The summed E-state index contributed by atoms with van der Waals surface area (Å²) in [4.78, 5) is 9.43. The van der Waals surface area contributed by atoms with Crippen molar-refractivity contribution in [2.45, 2.75) is 70.8 Å². The van der Waals surface area contributed by atoms with Crippen LogP contribution in [0, 0.1) is 0 Å². The number of nitrogens with two attached hydrogens (primary N) is 1. The van der Waals surface area contributed by atoms with E-state index in [9.17, 15) is 0 Å². The summed E-state index contributed by atoms with van der Waals surface area (Å²) in [5.41, 5.74) is 8.52. The number of hydrogen-bond donors (Lipinski definition) is 1. The molecule has 1 aromatic heterocycles. The second-order valence-corrected chi connectivity index (χ2v) is 5.83. The van der Waals surface area contributed by atoms with Crippen molar-refractivity contribution in [2.75, 3.05) is 0 Å². The lowest BCUT2D eigenvalue weighted by atomic mass is 9.81. The van der Waals surface area contributed by atoms with Crippen LogP contribution in [0.15, 0.2) is 6.07 Å². The number of aromatic nitrogens is 2. The SMILES string of the molecule is CCc1cc(C(C)C)nc(C2(N)CCCCC2)n1. The molecule has 1 aliphatic rings. The normalized spacial score (nSPS) is 19.2. The molecule has 1 heterocycles. The molecule has 3 nitrogen and oxygen atoms in total. The van der Waals surface area contributed by atoms with Crippen molar-refractivity contribution in [2.24, 2.45) is 5.73 Å². The zero-order chi connectivity index (χ0) is 13.2. The van der Waals surface area contributed by atoms with Gasteiger partial charge in [-0.1, -0.05) is 40.0 Å². The molecule has 18 heavy (non-hydrogen) atoms. The maximum atomic E-state index is 6.55. The van der Waals surface area contributed by atoms with Crippen molar-refractivity contribution >= 4 is 0 Å². The van der Waals surface area contributed by atoms with Gasteiger partial charge in [-0.05, 0) is 31.2 Å². The van der Waals surface area contributed by atoms with Gasteiger partial charge in [0.2, 0.25) is 0 Å². The Kier molecular flexibility index (Phi) is 4.00. The topological polar surface area (TPSA) is 51.8 Å². The van der Waals surface area contributed by atoms with Crippen molar-refractivity contribution in [3.8, 4) is 0 Å². The number of nitrogens with zero attached hydrogens (tertiary/aromatic N) is 2. The first-order valence-electron chi connectivity index (χ1n) is 7.22. The molecule has 2 N–H and O–H groups in total. The van der Waals surface area contributed by atoms with Crippen LogP contribution in [0.25, 0.3) is 0 Å². The summed E-state index contributed by atoms with van der Waals surface area (Å²) < 4.78 is 0. The van der Waals surface area contributed by atoms with Crippen LogP contribution in [0.2, 0.25) is 0 Å². The van der Waals surface area contributed by atoms with E-state index >= 15 is 0 Å². The van der Waals surface area contributed by atoms with E-state index in [0.717, 1.165) is 36.5 Å². The molecule has 0 bridgehead atoms. The lowest BCUT2D eigenvalue weighted by Gasteiger charge is -2.32. The fraction of sp³-hybridized carbons (Fsp3) is 0.733. The Morgan fingerprint density at radius 3 is 2.44 bits per heavy atom. The van der Waals surface area contributed by atoms with E-state index in [-0.39, 0.29) is 5.54 Å². The molecule has 3 heteroatoms.